The highest BCUT2D eigenvalue weighted by molar-refractivity contribution is 7.85. The maximum atomic E-state index is 12.8. The highest BCUT2D eigenvalue weighted by Crippen LogP contribution is 2.15. The van der Waals surface area contributed by atoms with Crippen molar-refractivity contribution >= 4 is 22.7 Å². The van der Waals surface area contributed by atoms with E-state index in [4.69, 9.17) is 4.74 Å². The van der Waals surface area contributed by atoms with Gasteiger partial charge in [-0.1, -0.05) is 31.2 Å². The molecule has 0 aliphatic rings. The predicted molar refractivity (Wildman–Crippen MR) is 96.8 cm³/mol. The van der Waals surface area contributed by atoms with Gasteiger partial charge in [0.1, 0.15) is 5.82 Å². The summed E-state index contributed by atoms with van der Waals surface area (Å²) in [5, 5.41) is 2.63. The van der Waals surface area contributed by atoms with E-state index in [1.54, 1.807) is 37.3 Å². The van der Waals surface area contributed by atoms with E-state index in [9.17, 15) is 18.2 Å². The average Bonchev–Trinajstić information content (AvgIpc) is 2.67. The van der Waals surface area contributed by atoms with Crippen molar-refractivity contribution in [1.82, 2.24) is 5.32 Å². The van der Waals surface area contributed by atoms with Crippen molar-refractivity contribution in [2.75, 3.05) is 18.9 Å². The van der Waals surface area contributed by atoms with Crippen LogP contribution in [0, 0.1) is 5.82 Å². The molecule has 0 saturated carbocycles. The Hall–Kier alpha value is -2.54. The first kappa shape index (κ1) is 19.8. The molecule has 0 spiro atoms. The lowest BCUT2D eigenvalue weighted by Crippen LogP contribution is -2.30. The maximum Gasteiger partial charge on any atom is 0.339 e. The van der Waals surface area contributed by atoms with Crippen LogP contribution in [0.15, 0.2) is 53.4 Å². The Balaban J connectivity index is 1.81. The summed E-state index contributed by atoms with van der Waals surface area (Å²) in [6.45, 7) is 1.68. The Morgan fingerprint density at radius 1 is 1.12 bits per heavy atom. The van der Waals surface area contributed by atoms with Crippen LogP contribution < -0.4 is 5.32 Å². The van der Waals surface area contributed by atoms with Crippen molar-refractivity contribution in [2.24, 2.45) is 0 Å². The summed E-state index contributed by atoms with van der Waals surface area (Å²) in [6.07, 6.45) is 0.540. The number of ether oxygens (including phenoxy) is 1. The minimum Gasteiger partial charge on any atom is -0.452 e. The highest BCUT2D eigenvalue weighted by Gasteiger charge is 2.17. The van der Waals surface area contributed by atoms with Crippen LogP contribution in [0.5, 0.6) is 0 Å². The van der Waals surface area contributed by atoms with E-state index in [1.807, 2.05) is 0 Å². The predicted octanol–water partition coefficient (Wildman–Crippen LogP) is 2.47. The summed E-state index contributed by atoms with van der Waals surface area (Å²) in [5.74, 6) is -1.05. The van der Waals surface area contributed by atoms with Crippen molar-refractivity contribution in [3.63, 3.8) is 0 Å². The number of halogens is 1. The molecule has 7 heteroatoms. The average molecular weight is 377 g/mol. The van der Waals surface area contributed by atoms with Gasteiger partial charge in [-0.3, -0.25) is 9.00 Å². The SMILES string of the molecule is CC[S@](=O)c1ccccc1C(=O)OCC(=O)NCCc1ccc(F)cc1. The molecule has 0 fully saturated rings. The number of amides is 1. The molecular formula is C19H20FNO4S. The van der Waals surface area contributed by atoms with Crippen LogP contribution in [0.1, 0.15) is 22.8 Å². The van der Waals surface area contributed by atoms with Gasteiger partial charge in [0, 0.05) is 12.3 Å². The second kappa shape index (κ2) is 9.82. The summed E-state index contributed by atoms with van der Waals surface area (Å²) in [4.78, 5) is 24.3. The molecule has 1 atom stereocenters. The van der Waals surface area contributed by atoms with Crippen LogP contribution in [-0.2, 0) is 26.8 Å². The smallest absolute Gasteiger partial charge is 0.339 e. The van der Waals surface area contributed by atoms with Crippen LogP contribution in [0.4, 0.5) is 4.39 Å². The Morgan fingerprint density at radius 2 is 1.81 bits per heavy atom. The van der Waals surface area contributed by atoms with Gasteiger partial charge in [0.15, 0.2) is 6.61 Å². The molecule has 0 saturated heterocycles. The molecule has 0 unspecified atom stereocenters. The Kier molecular flexibility index (Phi) is 7.47. The van der Waals surface area contributed by atoms with Gasteiger partial charge in [-0.05, 0) is 36.2 Å². The zero-order valence-corrected chi connectivity index (χ0v) is 15.2. The van der Waals surface area contributed by atoms with Crippen LogP contribution in [0.25, 0.3) is 0 Å². The lowest BCUT2D eigenvalue weighted by atomic mass is 10.1. The van der Waals surface area contributed by atoms with Gasteiger partial charge in [-0.2, -0.15) is 0 Å². The monoisotopic (exact) mass is 377 g/mol. The lowest BCUT2D eigenvalue weighted by molar-refractivity contribution is -0.124. The normalized spacial score (nSPS) is 11.6. The van der Waals surface area contributed by atoms with Crippen LogP contribution >= 0.6 is 0 Å². The number of benzene rings is 2. The highest BCUT2D eigenvalue weighted by atomic mass is 32.2. The topological polar surface area (TPSA) is 72.5 Å². The molecule has 1 N–H and O–H groups in total. The molecule has 0 aliphatic carbocycles. The fourth-order valence-electron chi connectivity index (χ4n) is 2.25. The summed E-state index contributed by atoms with van der Waals surface area (Å²) >= 11 is 0. The molecule has 2 aromatic carbocycles. The largest absolute Gasteiger partial charge is 0.452 e. The van der Waals surface area contributed by atoms with Gasteiger partial charge in [0.25, 0.3) is 5.91 Å². The summed E-state index contributed by atoms with van der Waals surface area (Å²) in [7, 11) is -1.29. The number of hydrogen-bond donors (Lipinski definition) is 1. The third kappa shape index (κ3) is 5.77. The number of esters is 1. The van der Waals surface area contributed by atoms with Gasteiger partial charge in [-0.15, -0.1) is 0 Å². The lowest BCUT2D eigenvalue weighted by Gasteiger charge is -2.09. The van der Waals surface area contributed by atoms with E-state index in [0.717, 1.165) is 5.56 Å². The molecule has 0 heterocycles. The zero-order chi connectivity index (χ0) is 18.9. The Bertz CT molecular complexity index is 792. The molecule has 0 aliphatic heterocycles. The van der Waals surface area contributed by atoms with Crippen LogP contribution in [0.3, 0.4) is 0 Å². The van der Waals surface area contributed by atoms with E-state index in [1.165, 1.54) is 18.2 Å². The quantitative estimate of drug-likeness (QED) is 0.718. The second-order valence-electron chi connectivity index (χ2n) is 5.43. The van der Waals surface area contributed by atoms with Crippen molar-refractivity contribution < 1.29 is 22.9 Å². The van der Waals surface area contributed by atoms with E-state index in [0.29, 0.717) is 23.6 Å². The molecule has 5 nitrogen and oxygen atoms in total. The molecule has 1 amide bonds. The summed E-state index contributed by atoms with van der Waals surface area (Å²) in [6, 6.07) is 12.5. The van der Waals surface area contributed by atoms with E-state index in [-0.39, 0.29) is 11.4 Å². The fraction of sp³-hybridized carbons (Fsp3) is 0.263. The second-order valence-corrected chi connectivity index (χ2v) is 7.14. The molecular weight excluding hydrogens is 357 g/mol. The molecule has 0 radical (unpaired) electrons. The van der Waals surface area contributed by atoms with Gasteiger partial charge < -0.3 is 10.1 Å². The molecule has 2 aromatic rings. The Labute approximate surface area is 154 Å². The Morgan fingerprint density at radius 3 is 2.50 bits per heavy atom. The van der Waals surface area contributed by atoms with Crippen LogP contribution in [0.2, 0.25) is 0 Å². The number of carbonyl (C=O) groups is 2. The molecule has 2 rings (SSSR count). The third-order valence-electron chi connectivity index (χ3n) is 3.60. The zero-order valence-electron chi connectivity index (χ0n) is 14.4. The first-order valence-corrected chi connectivity index (χ1v) is 9.48. The first-order chi connectivity index (χ1) is 12.5. The van der Waals surface area contributed by atoms with Gasteiger partial charge in [-0.25, -0.2) is 9.18 Å². The fourth-order valence-corrected chi connectivity index (χ4v) is 3.18. The number of nitrogens with one attached hydrogen (secondary N) is 1. The maximum absolute atomic E-state index is 12.8. The minimum atomic E-state index is -1.29. The van der Waals surface area contributed by atoms with E-state index < -0.39 is 29.3 Å². The first-order valence-electron chi connectivity index (χ1n) is 8.17. The number of rotatable bonds is 8. The van der Waals surface area contributed by atoms with E-state index >= 15 is 0 Å². The van der Waals surface area contributed by atoms with Crippen molar-refractivity contribution in [1.29, 1.82) is 0 Å². The van der Waals surface area contributed by atoms with Gasteiger partial charge in [0.05, 0.1) is 21.3 Å². The standard InChI is InChI=1S/C19H20FNO4S/c1-2-26(24)17-6-4-3-5-16(17)19(23)25-13-18(22)21-12-11-14-7-9-15(20)10-8-14/h3-10H,2,11-13H2,1H3,(H,21,22)/t26-/m0/s1. The summed E-state index contributed by atoms with van der Waals surface area (Å²) < 4.78 is 29.8. The van der Waals surface area contributed by atoms with Crippen LogP contribution in [-0.4, -0.2) is 35.0 Å². The van der Waals surface area contributed by atoms with Crippen molar-refractivity contribution in [3.05, 3.63) is 65.5 Å². The molecule has 0 aromatic heterocycles. The summed E-state index contributed by atoms with van der Waals surface area (Å²) in [5.41, 5.74) is 1.09. The van der Waals surface area contributed by atoms with Gasteiger partial charge in [0.2, 0.25) is 0 Å². The molecule has 138 valence electrons. The van der Waals surface area contributed by atoms with E-state index in [2.05, 4.69) is 5.32 Å². The van der Waals surface area contributed by atoms with Gasteiger partial charge >= 0.3 is 5.97 Å². The minimum absolute atomic E-state index is 0.201. The third-order valence-corrected chi connectivity index (χ3v) is 4.97. The number of hydrogen-bond acceptors (Lipinski definition) is 4. The number of carbonyl (C=O) groups excluding carboxylic acids is 2. The molecule has 26 heavy (non-hydrogen) atoms. The van der Waals surface area contributed by atoms with Crippen molar-refractivity contribution in [2.45, 2.75) is 18.2 Å². The van der Waals surface area contributed by atoms with Crippen molar-refractivity contribution in [3.8, 4) is 0 Å². The molecule has 0 bridgehead atoms.